The Hall–Kier alpha value is -1.71. The van der Waals surface area contributed by atoms with E-state index in [9.17, 15) is 0 Å². The predicted molar refractivity (Wildman–Crippen MR) is 230 cm³/mol. The molecule has 348 valence electrons. The minimum atomic E-state index is 0. The fourth-order valence-electron chi connectivity index (χ4n) is 4.66. The van der Waals surface area contributed by atoms with E-state index in [4.69, 9.17) is 21.0 Å². The Kier molecular flexibility index (Phi) is 83.8. The molecule has 16 nitrogen and oxygen atoms in total. The number of nitriles is 4. The van der Waals surface area contributed by atoms with Crippen LogP contribution in [0.3, 0.4) is 0 Å². The van der Waals surface area contributed by atoms with Crippen LogP contribution in [-0.4, -0.2) is 50.7 Å². The molecule has 0 bridgehead atoms. The fraction of sp³-hybridized carbons (Fsp3) is 0.227. The van der Waals surface area contributed by atoms with E-state index in [2.05, 4.69) is 39.7 Å². The minimum absolute atomic E-state index is 0. The zero-order valence-corrected chi connectivity index (χ0v) is 51.9. The molecule has 6 rings (SSSR count). The first-order chi connectivity index (χ1) is 27.5. The molecule has 0 radical (unpaired) electrons. The molecule has 0 aliphatic heterocycles. The number of nitrogens with zero attached hydrogens (tertiary/aromatic N) is 12. The quantitative estimate of drug-likeness (QED) is 0.0815. The molecule has 8 N–H and O–H groups in total. The van der Waals surface area contributed by atoms with E-state index in [1.807, 2.05) is 146 Å². The monoisotopic (exact) mass is 1600 g/mol. The van der Waals surface area contributed by atoms with Gasteiger partial charge < -0.3 is 118 Å². The maximum Gasteiger partial charge on any atom is 4.00 e. The molecule has 6 heterocycles. The van der Waals surface area contributed by atoms with Crippen molar-refractivity contribution in [2.75, 3.05) is 0 Å². The van der Waals surface area contributed by atoms with Gasteiger partial charge in [0.05, 0.1) is 58.4 Å². The maximum absolute atomic E-state index is 7.32. The third kappa shape index (κ3) is 47.4. The fourth-order valence-corrected chi connectivity index (χ4v) is 4.66. The summed E-state index contributed by atoms with van der Waals surface area (Å²) in [6.07, 6.45) is 11.0. The molecule has 0 aliphatic carbocycles. The second kappa shape index (κ2) is 63.3. The molecule has 0 unspecified atom stereocenters. The zero-order valence-electron chi connectivity index (χ0n) is 37.0. The summed E-state index contributed by atoms with van der Waals surface area (Å²) in [6.45, 7) is 10.4. The van der Waals surface area contributed by atoms with Crippen molar-refractivity contribution in [2.45, 2.75) is 67.0 Å². The van der Waals surface area contributed by atoms with Gasteiger partial charge in [-0.15, -0.1) is 0 Å². The van der Waals surface area contributed by atoms with E-state index in [0.717, 1.165) is 73.4 Å². The van der Waals surface area contributed by atoms with E-state index < -0.39 is 0 Å². The number of hydrogen-bond acceptors (Lipinski definition) is 14. The third-order valence-electron chi connectivity index (χ3n) is 6.67. The third-order valence-corrected chi connectivity index (χ3v) is 6.67. The van der Waals surface area contributed by atoms with Crippen molar-refractivity contribution >= 4 is 0 Å². The molecule has 0 amide bonds. The van der Waals surface area contributed by atoms with Crippen molar-refractivity contribution < 1.29 is 201 Å². The van der Waals surface area contributed by atoms with E-state index >= 15 is 0 Å². The summed E-state index contributed by atoms with van der Waals surface area (Å²) >= 11 is 0. The van der Waals surface area contributed by atoms with E-state index in [0.29, 0.717) is 0 Å². The van der Waals surface area contributed by atoms with Gasteiger partial charge in [-0.3, -0.25) is 39.7 Å². The average molecular weight is 1600 g/mol. The van der Waals surface area contributed by atoms with Crippen LogP contribution < -0.4 is 95.9 Å². The van der Waals surface area contributed by atoms with Crippen molar-refractivity contribution in [1.82, 2.24) is 39.7 Å². The minimum Gasteiger partial charge on any atom is -1.00 e. The molecule has 0 saturated heterocycles. The molecule has 0 saturated carbocycles. The first kappa shape index (κ1) is 87.4. The molecule has 0 spiro atoms. The molecule has 6 aromatic heterocycles. The van der Waals surface area contributed by atoms with E-state index in [1.165, 1.54) is 27.7 Å². The van der Waals surface area contributed by atoms with Gasteiger partial charge in [0.2, 0.25) is 0 Å². The summed E-state index contributed by atoms with van der Waals surface area (Å²) in [7, 11) is 0. The first-order valence-corrected chi connectivity index (χ1v) is 17.5. The Bertz CT molecular complexity index is 1660. The molecule has 0 atom stereocenters. The second-order valence-corrected chi connectivity index (χ2v) is 11.1. The summed E-state index contributed by atoms with van der Waals surface area (Å²) in [6, 6.07) is 43.0. The standard InChI is InChI=1S/2C18H18N4.4C2H3N.2Ce.4HI.4H2O/c2*1-4-10-19-16(7-1)13-22(14-17-8-2-5-11-20-17)15-18-9-3-6-12-21-18;4*1-2-3;;;;;;;;;;/h2*1-12H,13-15H2;4*1H3;;;4*1H;4*1H2/q;;;;;;2*+4;;;;;;;;/p-4. The number of halogens is 4. The van der Waals surface area contributed by atoms with E-state index in [-0.39, 0.29) is 201 Å². The topological polar surface area (TPSA) is 305 Å². The van der Waals surface area contributed by atoms with Gasteiger partial charge in [0.1, 0.15) is 0 Å². The van der Waals surface area contributed by atoms with Gasteiger partial charge in [0.25, 0.3) is 0 Å². The van der Waals surface area contributed by atoms with Gasteiger partial charge in [-0.05, 0) is 72.8 Å². The van der Waals surface area contributed by atoms with Crippen LogP contribution in [0.25, 0.3) is 0 Å². The Morgan fingerprint density at radius 2 is 0.455 bits per heavy atom. The smallest absolute Gasteiger partial charge is 1.00 e. The number of pyridine rings is 6. The molecule has 66 heavy (non-hydrogen) atoms. The number of rotatable bonds is 12. The zero-order chi connectivity index (χ0) is 40.9. The Balaban J connectivity index is -0.0000000853. The van der Waals surface area contributed by atoms with Crippen LogP contribution in [0.15, 0.2) is 146 Å². The van der Waals surface area contributed by atoms with Crippen LogP contribution in [0.4, 0.5) is 0 Å². The van der Waals surface area contributed by atoms with Gasteiger partial charge in [-0.2, -0.15) is 21.0 Å². The van der Waals surface area contributed by atoms with E-state index in [1.54, 1.807) is 24.3 Å². The molecule has 0 fully saturated rings. The van der Waals surface area contributed by atoms with Gasteiger partial charge in [-0.25, -0.2) is 0 Å². The van der Waals surface area contributed by atoms with Crippen LogP contribution >= 0.6 is 0 Å². The molecular weight excluding hydrogens is 1550 g/mol. The largest absolute Gasteiger partial charge is 4.00 e. The summed E-state index contributed by atoms with van der Waals surface area (Å²) in [5.41, 5.74) is 6.30. The number of aromatic nitrogens is 6. The van der Waals surface area contributed by atoms with Gasteiger partial charge in [-0.1, -0.05) is 36.4 Å². The van der Waals surface area contributed by atoms with Crippen LogP contribution in [-0.2, 0) is 50.2 Å². The van der Waals surface area contributed by atoms with Gasteiger partial charge >= 0.3 is 83.5 Å². The molecule has 6 aromatic rings. The first-order valence-electron chi connectivity index (χ1n) is 17.5. The normalized spacial score (nSPS) is 7.67. The average Bonchev–Trinajstić information content (AvgIpc) is 3.22. The van der Waals surface area contributed by atoms with Crippen molar-refractivity contribution in [3.63, 3.8) is 0 Å². The summed E-state index contributed by atoms with van der Waals surface area (Å²) in [5.74, 6) is 0. The second-order valence-electron chi connectivity index (χ2n) is 11.1. The number of hydrogen-bond donors (Lipinski definition) is 0. The van der Waals surface area contributed by atoms with Crippen LogP contribution in [0.2, 0.25) is 0 Å². The van der Waals surface area contributed by atoms with Gasteiger partial charge in [0, 0.05) is 104 Å². The van der Waals surface area contributed by atoms with Gasteiger partial charge in [0.15, 0.2) is 0 Å². The van der Waals surface area contributed by atoms with Crippen LogP contribution in [0.1, 0.15) is 61.9 Å². The summed E-state index contributed by atoms with van der Waals surface area (Å²) in [5, 5.41) is 29.3. The van der Waals surface area contributed by atoms with Crippen LogP contribution in [0, 0.1) is 129 Å². The molecule has 22 heteroatoms. The predicted octanol–water partition coefficient (Wildman–Crippen LogP) is -5.91. The van der Waals surface area contributed by atoms with Crippen molar-refractivity contribution in [3.05, 3.63) is 181 Å². The Labute approximate surface area is 526 Å². The maximum atomic E-state index is 7.32. The summed E-state index contributed by atoms with van der Waals surface area (Å²) < 4.78 is 0. The Morgan fingerprint density at radius 1 is 0.333 bits per heavy atom. The SMILES string of the molecule is CC#N.CC#N.CC#N.CC#N.[Ce+4].[Ce+4].[I-].[I-].[I-].[I-].[OH-].[OH-].[OH3+].[OH3+].c1ccc(CN(Cc2ccccn2)Cc2ccccn2)nc1.c1ccc(CN(Cc2ccccn2)Cc2ccccn2)nc1. The molecule has 0 aliphatic rings. The van der Waals surface area contributed by atoms with Crippen LogP contribution in [0.5, 0.6) is 0 Å². The van der Waals surface area contributed by atoms with Crippen molar-refractivity contribution in [2.24, 2.45) is 0 Å². The summed E-state index contributed by atoms with van der Waals surface area (Å²) in [4.78, 5) is 31.1. The van der Waals surface area contributed by atoms with Crippen molar-refractivity contribution in [1.29, 1.82) is 21.0 Å². The Morgan fingerprint density at radius 3 is 0.545 bits per heavy atom. The van der Waals surface area contributed by atoms with Crippen molar-refractivity contribution in [3.8, 4) is 24.3 Å². The molecular formula is C44H56Ce2I4N12O4+4. The molecule has 0 aromatic carbocycles.